The molecule has 0 amide bonds. The van der Waals surface area contributed by atoms with Crippen LogP contribution in [0.15, 0.2) is 48.8 Å². The molecule has 0 saturated carbocycles. The molecule has 0 aliphatic rings. The molecular weight excluding hydrogens is 224 g/mol. The van der Waals surface area contributed by atoms with Gasteiger partial charge in [-0.2, -0.15) is 0 Å². The lowest BCUT2D eigenvalue weighted by Gasteiger charge is -1.98. The molecule has 0 saturated heterocycles. The Balaban J connectivity index is 2.10. The molecule has 0 bridgehead atoms. The maximum atomic E-state index is 5.20. The van der Waals surface area contributed by atoms with Crippen molar-refractivity contribution in [2.24, 2.45) is 0 Å². The summed E-state index contributed by atoms with van der Waals surface area (Å²) in [5.74, 6) is 0.829. The number of fused-ring (bicyclic) bond motifs is 1. The number of hydrogen-bond acceptors (Lipinski definition) is 2. The van der Waals surface area contributed by atoms with Gasteiger partial charge in [0.25, 0.3) is 0 Å². The lowest BCUT2D eigenvalue weighted by Crippen LogP contribution is -1.86. The highest BCUT2D eigenvalue weighted by Crippen LogP contribution is 2.21. The highest BCUT2D eigenvalue weighted by Gasteiger charge is 2.04. The van der Waals surface area contributed by atoms with E-state index in [1.807, 2.05) is 28.9 Å². The molecule has 0 radical (unpaired) electrons. The Morgan fingerprint density at radius 3 is 2.50 bits per heavy atom. The number of nitrogens with zero attached hydrogens (tertiary/aromatic N) is 2. The number of methoxy groups -OCH3 is 1. The molecule has 90 valence electrons. The van der Waals surface area contributed by atoms with Crippen molar-refractivity contribution in [3.8, 4) is 17.0 Å². The third-order valence-electron chi connectivity index (χ3n) is 3.01. The molecule has 3 rings (SSSR count). The Morgan fingerprint density at radius 1 is 1.00 bits per heavy atom. The topological polar surface area (TPSA) is 26.5 Å². The zero-order valence-electron chi connectivity index (χ0n) is 10.4. The van der Waals surface area contributed by atoms with Gasteiger partial charge >= 0.3 is 0 Å². The summed E-state index contributed by atoms with van der Waals surface area (Å²) in [5, 5.41) is 0. The highest BCUT2D eigenvalue weighted by atomic mass is 16.5. The normalized spacial score (nSPS) is 10.8. The standard InChI is InChI=1S/C15H14N2O/c1-11-3-5-12(6-4-11)14-10-17-9-13(18-2)7-8-15(17)16-14/h3-10H,1-2H3. The van der Waals surface area contributed by atoms with Crippen molar-refractivity contribution in [3.05, 3.63) is 54.4 Å². The Kier molecular flexibility index (Phi) is 2.52. The van der Waals surface area contributed by atoms with Gasteiger partial charge in [0.05, 0.1) is 19.0 Å². The molecule has 0 atom stereocenters. The van der Waals surface area contributed by atoms with E-state index in [0.717, 1.165) is 22.7 Å². The Hall–Kier alpha value is -2.29. The summed E-state index contributed by atoms with van der Waals surface area (Å²) in [7, 11) is 1.67. The van der Waals surface area contributed by atoms with Crippen LogP contribution in [0.1, 0.15) is 5.56 Å². The van der Waals surface area contributed by atoms with Crippen molar-refractivity contribution >= 4 is 5.65 Å². The van der Waals surface area contributed by atoms with Gasteiger partial charge in [0.2, 0.25) is 0 Å². The first-order valence-corrected chi connectivity index (χ1v) is 5.86. The van der Waals surface area contributed by atoms with Crippen LogP contribution in [-0.2, 0) is 0 Å². The number of ether oxygens (including phenoxy) is 1. The van der Waals surface area contributed by atoms with Gasteiger partial charge in [-0.15, -0.1) is 0 Å². The summed E-state index contributed by atoms with van der Waals surface area (Å²) >= 11 is 0. The minimum Gasteiger partial charge on any atom is -0.495 e. The second-order valence-corrected chi connectivity index (χ2v) is 4.33. The Bertz CT molecular complexity index is 683. The van der Waals surface area contributed by atoms with Crippen LogP contribution in [0.4, 0.5) is 0 Å². The average Bonchev–Trinajstić information content (AvgIpc) is 2.82. The van der Waals surface area contributed by atoms with Crippen LogP contribution in [0.2, 0.25) is 0 Å². The number of benzene rings is 1. The lowest BCUT2D eigenvalue weighted by molar-refractivity contribution is 0.412. The van der Waals surface area contributed by atoms with Crippen LogP contribution in [-0.4, -0.2) is 16.5 Å². The molecule has 0 aliphatic heterocycles. The Morgan fingerprint density at radius 2 is 1.78 bits per heavy atom. The zero-order chi connectivity index (χ0) is 12.5. The molecule has 1 aromatic carbocycles. The van der Waals surface area contributed by atoms with E-state index < -0.39 is 0 Å². The number of pyridine rings is 1. The summed E-state index contributed by atoms with van der Waals surface area (Å²) in [6, 6.07) is 12.3. The summed E-state index contributed by atoms with van der Waals surface area (Å²) in [4.78, 5) is 4.60. The van der Waals surface area contributed by atoms with Crippen molar-refractivity contribution in [1.82, 2.24) is 9.38 Å². The van der Waals surface area contributed by atoms with Gasteiger partial charge in [0.15, 0.2) is 0 Å². The number of imidazole rings is 1. The molecule has 0 aliphatic carbocycles. The summed E-state index contributed by atoms with van der Waals surface area (Å²) in [6.07, 6.45) is 3.95. The van der Waals surface area contributed by atoms with E-state index in [9.17, 15) is 0 Å². The van der Waals surface area contributed by atoms with E-state index in [2.05, 4.69) is 36.2 Å². The largest absolute Gasteiger partial charge is 0.495 e. The fourth-order valence-electron chi connectivity index (χ4n) is 1.96. The smallest absolute Gasteiger partial charge is 0.137 e. The zero-order valence-corrected chi connectivity index (χ0v) is 10.4. The van der Waals surface area contributed by atoms with Crippen molar-refractivity contribution in [3.63, 3.8) is 0 Å². The Labute approximate surface area is 106 Å². The predicted octanol–water partition coefficient (Wildman–Crippen LogP) is 3.32. The quantitative estimate of drug-likeness (QED) is 0.684. The van der Waals surface area contributed by atoms with E-state index in [1.165, 1.54) is 5.56 Å². The van der Waals surface area contributed by atoms with Crippen LogP contribution in [0.5, 0.6) is 5.75 Å². The van der Waals surface area contributed by atoms with E-state index >= 15 is 0 Å². The van der Waals surface area contributed by atoms with Crippen LogP contribution >= 0.6 is 0 Å². The van der Waals surface area contributed by atoms with E-state index in [0.29, 0.717) is 0 Å². The van der Waals surface area contributed by atoms with Gasteiger partial charge in [-0.25, -0.2) is 4.98 Å². The molecule has 3 heteroatoms. The fraction of sp³-hybridized carbons (Fsp3) is 0.133. The molecule has 3 aromatic rings. The SMILES string of the molecule is COc1ccc2nc(-c3ccc(C)cc3)cn2c1. The van der Waals surface area contributed by atoms with E-state index in [4.69, 9.17) is 4.74 Å². The second-order valence-electron chi connectivity index (χ2n) is 4.33. The van der Waals surface area contributed by atoms with Crippen molar-refractivity contribution in [2.75, 3.05) is 7.11 Å². The molecule has 3 nitrogen and oxygen atoms in total. The first-order valence-electron chi connectivity index (χ1n) is 5.86. The van der Waals surface area contributed by atoms with Crippen LogP contribution < -0.4 is 4.74 Å². The molecule has 0 spiro atoms. The van der Waals surface area contributed by atoms with Gasteiger partial charge in [0.1, 0.15) is 11.4 Å². The van der Waals surface area contributed by atoms with Crippen molar-refractivity contribution in [2.45, 2.75) is 6.92 Å². The highest BCUT2D eigenvalue weighted by molar-refractivity contribution is 5.63. The third-order valence-corrected chi connectivity index (χ3v) is 3.01. The molecule has 0 unspecified atom stereocenters. The number of rotatable bonds is 2. The lowest BCUT2D eigenvalue weighted by atomic mass is 10.1. The fourth-order valence-corrected chi connectivity index (χ4v) is 1.96. The minimum atomic E-state index is 0.829. The van der Waals surface area contributed by atoms with Crippen molar-refractivity contribution in [1.29, 1.82) is 0 Å². The van der Waals surface area contributed by atoms with E-state index in [-0.39, 0.29) is 0 Å². The predicted molar refractivity (Wildman–Crippen MR) is 71.9 cm³/mol. The van der Waals surface area contributed by atoms with Gasteiger partial charge in [-0.05, 0) is 19.1 Å². The average molecular weight is 238 g/mol. The summed E-state index contributed by atoms with van der Waals surface area (Å²) < 4.78 is 7.18. The first-order chi connectivity index (χ1) is 8.76. The van der Waals surface area contributed by atoms with Crippen LogP contribution in [0.3, 0.4) is 0 Å². The van der Waals surface area contributed by atoms with Gasteiger partial charge in [0, 0.05) is 11.8 Å². The van der Waals surface area contributed by atoms with Gasteiger partial charge in [-0.3, -0.25) is 0 Å². The van der Waals surface area contributed by atoms with Crippen LogP contribution in [0, 0.1) is 6.92 Å². The summed E-state index contributed by atoms with van der Waals surface area (Å²) in [6.45, 7) is 2.08. The number of aromatic nitrogens is 2. The third kappa shape index (κ3) is 1.84. The van der Waals surface area contributed by atoms with Crippen LogP contribution in [0.25, 0.3) is 16.9 Å². The minimum absolute atomic E-state index is 0.829. The summed E-state index contributed by atoms with van der Waals surface area (Å²) in [5.41, 5.74) is 4.28. The van der Waals surface area contributed by atoms with Gasteiger partial charge < -0.3 is 9.14 Å². The monoisotopic (exact) mass is 238 g/mol. The number of hydrogen-bond donors (Lipinski definition) is 0. The molecular formula is C15H14N2O. The number of aryl methyl sites for hydroxylation is 1. The molecule has 18 heavy (non-hydrogen) atoms. The maximum Gasteiger partial charge on any atom is 0.137 e. The molecule has 0 fully saturated rings. The molecule has 2 aromatic heterocycles. The van der Waals surface area contributed by atoms with Gasteiger partial charge in [-0.1, -0.05) is 29.8 Å². The first kappa shape index (κ1) is 10.8. The van der Waals surface area contributed by atoms with Crippen molar-refractivity contribution < 1.29 is 4.74 Å². The molecule has 2 heterocycles. The second kappa shape index (κ2) is 4.18. The molecule has 0 N–H and O–H groups in total. The van der Waals surface area contributed by atoms with E-state index in [1.54, 1.807) is 7.11 Å². The maximum absolute atomic E-state index is 5.20.